The van der Waals surface area contributed by atoms with Gasteiger partial charge < -0.3 is 15.1 Å². The lowest BCUT2D eigenvalue weighted by Crippen LogP contribution is -2.19. The molecule has 1 aliphatic rings. The molecule has 0 bridgehead atoms. The van der Waals surface area contributed by atoms with Crippen molar-refractivity contribution in [3.63, 3.8) is 0 Å². The molecule has 2 aromatic heterocycles. The van der Waals surface area contributed by atoms with Gasteiger partial charge in [-0.1, -0.05) is 24.3 Å². The highest BCUT2D eigenvalue weighted by molar-refractivity contribution is 5.93. The van der Waals surface area contributed by atoms with Crippen LogP contribution in [0.3, 0.4) is 0 Å². The Kier molecular flexibility index (Phi) is 4.31. The number of aromatic nitrogens is 3. The summed E-state index contributed by atoms with van der Waals surface area (Å²) in [6, 6.07) is 17.4. The number of rotatable bonds is 4. The van der Waals surface area contributed by atoms with E-state index in [0.29, 0.717) is 6.54 Å². The van der Waals surface area contributed by atoms with Gasteiger partial charge in [-0.2, -0.15) is 0 Å². The first-order valence-electron chi connectivity index (χ1n) is 9.85. The molecule has 4 aromatic rings. The molecule has 5 rings (SSSR count). The Balaban J connectivity index is 1.53. The molecule has 0 spiro atoms. The molecule has 3 heterocycles. The van der Waals surface area contributed by atoms with E-state index >= 15 is 0 Å². The van der Waals surface area contributed by atoms with Crippen molar-refractivity contribution in [2.75, 3.05) is 18.0 Å². The number of hydrogen-bond acceptors (Lipinski definition) is 5. The molecule has 0 amide bonds. The van der Waals surface area contributed by atoms with Crippen LogP contribution < -0.4 is 4.90 Å². The number of nitrogens with zero attached hydrogens (tertiary/aromatic N) is 4. The molecule has 29 heavy (non-hydrogen) atoms. The second kappa shape index (κ2) is 7.13. The van der Waals surface area contributed by atoms with Crippen LogP contribution in [0.25, 0.3) is 22.0 Å². The van der Waals surface area contributed by atoms with E-state index < -0.39 is 0 Å². The molecule has 1 saturated heterocycles. The van der Waals surface area contributed by atoms with Gasteiger partial charge in [-0.15, -0.1) is 0 Å². The first-order chi connectivity index (χ1) is 14.2. The Morgan fingerprint density at radius 1 is 0.828 bits per heavy atom. The summed E-state index contributed by atoms with van der Waals surface area (Å²) in [4.78, 5) is 11.3. The van der Waals surface area contributed by atoms with E-state index in [0.717, 1.165) is 46.5 Å². The molecule has 0 aliphatic carbocycles. The molecule has 0 radical (unpaired) electrons. The summed E-state index contributed by atoms with van der Waals surface area (Å²) >= 11 is 0. The van der Waals surface area contributed by atoms with E-state index in [1.807, 2.05) is 18.2 Å². The molecule has 1 fully saturated rings. The molecule has 6 nitrogen and oxygen atoms in total. The number of hydrogen-bond donors (Lipinski definition) is 2. The van der Waals surface area contributed by atoms with Crippen LogP contribution in [-0.2, 0) is 6.54 Å². The molecule has 6 heteroatoms. The first-order valence-corrected chi connectivity index (χ1v) is 9.85. The number of aromatic hydroxyl groups is 2. The van der Waals surface area contributed by atoms with E-state index in [2.05, 4.69) is 39.1 Å². The monoisotopic (exact) mass is 386 g/mol. The summed E-state index contributed by atoms with van der Waals surface area (Å²) in [5, 5.41) is 20.9. The molecule has 0 unspecified atom stereocenters. The summed E-state index contributed by atoms with van der Waals surface area (Å²) in [6.45, 7) is 2.47. The van der Waals surface area contributed by atoms with Crippen LogP contribution in [0.5, 0.6) is 11.8 Å². The van der Waals surface area contributed by atoms with Crippen LogP contribution >= 0.6 is 0 Å². The Bertz CT molecular complexity index is 1160. The van der Waals surface area contributed by atoms with Gasteiger partial charge in [0.2, 0.25) is 0 Å². The van der Waals surface area contributed by atoms with Crippen LogP contribution in [0.1, 0.15) is 18.4 Å². The topological polar surface area (TPSA) is 74.4 Å². The van der Waals surface area contributed by atoms with E-state index in [9.17, 15) is 10.2 Å². The van der Waals surface area contributed by atoms with Gasteiger partial charge in [0.05, 0.1) is 12.1 Å². The minimum absolute atomic E-state index is 0.0472. The predicted octanol–water partition coefficient (Wildman–Crippen LogP) is 4.16. The van der Waals surface area contributed by atoms with Crippen LogP contribution in [0.2, 0.25) is 0 Å². The highest BCUT2D eigenvalue weighted by Gasteiger charge is 2.17. The van der Waals surface area contributed by atoms with Crippen molar-refractivity contribution in [2.24, 2.45) is 0 Å². The van der Waals surface area contributed by atoms with Gasteiger partial charge in [0, 0.05) is 30.6 Å². The van der Waals surface area contributed by atoms with Gasteiger partial charge in [-0.25, -0.2) is 9.97 Å². The van der Waals surface area contributed by atoms with Gasteiger partial charge in [-0.05, 0) is 47.7 Å². The van der Waals surface area contributed by atoms with E-state index in [1.54, 1.807) is 6.33 Å². The Labute approximate surface area is 168 Å². The third kappa shape index (κ3) is 3.27. The Hall–Kier alpha value is -3.54. The molecule has 2 N–H and O–H groups in total. The highest BCUT2D eigenvalue weighted by Crippen LogP contribution is 2.31. The van der Waals surface area contributed by atoms with E-state index in [4.69, 9.17) is 0 Å². The third-order valence-corrected chi connectivity index (χ3v) is 5.56. The van der Waals surface area contributed by atoms with E-state index in [1.165, 1.54) is 29.5 Å². The third-order valence-electron chi connectivity index (χ3n) is 5.56. The van der Waals surface area contributed by atoms with Crippen molar-refractivity contribution in [3.8, 4) is 22.9 Å². The van der Waals surface area contributed by atoms with Crippen molar-refractivity contribution >= 4 is 16.7 Å². The molecule has 1 aliphatic heterocycles. The summed E-state index contributed by atoms with van der Waals surface area (Å²) in [5.41, 5.74) is 4.11. The maximum atomic E-state index is 9.92. The fraction of sp³-hybridized carbons (Fsp3) is 0.217. The van der Waals surface area contributed by atoms with Crippen molar-refractivity contribution in [1.29, 1.82) is 0 Å². The molecule has 2 aromatic carbocycles. The Morgan fingerprint density at radius 3 is 2.38 bits per heavy atom. The van der Waals surface area contributed by atoms with Crippen LogP contribution in [0.15, 0.2) is 60.9 Å². The van der Waals surface area contributed by atoms with Crippen LogP contribution in [-0.4, -0.2) is 37.8 Å². The zero-order chi connectivity index (χ0) is 19.8. The SMILES string of the molecule is Oc1ccc(O)n1Cc1cccc(-c2ccc3ncnc(N4CCCC4)c3c2)c1. The van der Waals surface area contributed by atoms with Gasteiger partial charge in [0.1, 0.15) is 12.1 Å². The average molecular weight is 386 g/mol. The summed E-state index contributed by atoms with van der Waals surface area (Å²) < 4.78 is 1.47. The molecule has 0 saturated carbocycles. The zero-order valence-electron chi connectivity index (χ0n) is 16.0. The predicted molar refractivity (Wildman–Crippen MR) is 113 cm³/mol. The van der Waals surface area contributed by atoms with Gasteiger partial charge in [-0.3, -0.25) is 4.57 Å². The summed E-state index contributed by atoms with van der Waals surface area (Å²) in [7, 11) is 0. The highest BCUT2D eigenvalue weighted by atomic mass is 16.3. The Morgan fingerprint density at radius 2 is 1.59 bits per heavy atom. The van der Waals surface area contributed by atoms with Gasteiger partial charge in [0.15, 0.2) is 11.8 Å². The maximum Gasteiger partial charge on any atom is 0.194 e. The molecular formula is C23H22N4O2. The van der Waals surface area contributed by atoms with E-state index in [-0.39, 0.29) is 11.8 Å². The lowest BCUT2D eigenvalue weighted by molar-refractivity contribution is 0.377. The van der Waals surface area contributed by atoms with Crippen molar-refractivity contribution in [2.45, 2.75) is 19.4 Å². The normalized spacial score (nSPS) is 14.0. The largest absolute Gasteiger partial charge is 0.494 e. The summed E-state index contributed by atoms with van der Waals surface area (Å²) in [5.74, 6) is 1.10. The lowest BCUT2D eigenvalue weighted by Gasteiger charge is -2.18. The first kappa shape index (κ1) is 17.6. The second-order valence-corrected chi connectivity index (χ2v) is 7.46. The fourth-order valence-electron chi connectivity index (χ4n) is 4.04. The zero-order valence-corrected chi connectivity index (χ0v) is 16.0. The maximum absolute atomic E-state index is 9.92. The average Bonchev–Trinajstić information content (AvgIpc) is 3.39. The minimum Gasteiger partial charge on any atom is -0.494 e. The molecular weight excluding hydrogens is 364 g/mol. The van der Waals surface area contributed by atoms with Crippen molar-refractivity contribution < 1.29 is 10.2 Å². The van der Waals surface area contributed by atoms with Gasteiger partial charge >= 0.3 is 0 Å². The van der Waals surface area contributed by atoms with Crippen molar-refractivity contribution in [3.05, 3.63) is 66.5 Å². The smallest absolute Gasteiger partial charge is 0.194 e. The van der Waals surface area contributed by atoms with Crippen LogP contribution in [0, 0.1) is 0 Å². The van der Waals surface area contributed by atoms with Crippen molar-refractivity contribution in [1.82, 2.24) is 14.5 Å². The lowest BCUT2D eigenvalue weighted by atomic mass is 10.0. The second-order valence-electron chi connectivity index (χ2n) is 7.46. The standard InChI is InChI=1S/C23H22N4O2/c28-21-8-9-22(29)27(21)14-16-4-3-5-17(12-16)18-6-7-20-19(13-18)23(25-15-24-20)26-10-1-2-11-26/h3-9,12-13,15,28-29H,1-2,10-11,14H2. The number of anilines is 1. The number of fused-ring (bicyclic) bond motifs is 1. The summed E-state index contributed by atoms with van der Waals surface area (Å²) in [6.07, 6.45) is 4.05. The quantitative estimate of drug-likeness (QED) is 0.551. The van der Waals surface area contributed by atoms with Gasteiger partial charge in [0.25, 0.3) is 0 Å². The fourth-order valence-corrected chi connectivity index (χ4v) is 4.04. The van der Waals surface area contributed by atoms with Crippen LogP contribution in [0.4, 0.5) is 5.82 Å². The molecule has 146 valence electrons. The molecule has 0 atom stereocenters. The number of benzene rings is 2. The minimum atomic E-state index is 0.0472.